The van der Waals surface area contributed by atoms with Crippen molar-refractivity contribution in [2.24, 2.45) is 0 Å². The molecule has 0 aromatic heterocycles. The molecule has 1 aliphatic heterocycles. The SMILES string of the molecule is CCCNC(c1ccc(C)c(F)c1)C1SCCSC1CC. The minimum atomic E-state index is -0.0858. The lowest BCUT2D eigenvalue weighted by Gasteiger charge is -2.36. The molecule has 1 N–H and O–H groups in total. The molecule has 0 bridgehead atoms. The Labute approximate surface area is 136 Å². The second-order valence-corrected chi connectivity index (χ2v) is 8.23. The fourth-order valence-electron chi connectivity index (χ4n) is 2.77. The summed E-state index contributed by atoms with van der Waals surface area (Å²) in [5.74, 6) is 2.35. The molecule has 1 nitrogen and oxygen atoms in total. The van der Waals surface area contributed by atoms with E-state index in [1.54, 1.807) is 6.07 Å². The topological polar surface area (TPSA) is 12.0 Å². The van der Waals surface area contributed by atoms with Crippen molar-refractivity contribution in [3.8, 4) is 0 Å². The Balaban J connectivity index is 2.25. The van der Waals surface area contributed by atoms with Crippen LogP contribution in [-0.2, 0) is 0 Å². The monoisotopic (exact) mass is 327 g/mol. The maximum absolute atomic E-state index is 14.0. The van der Waals surface area contributed by atoms with Gasteiger partial charge >= 0.3 is 0 Å². The number of nitrogens with one attached hydrogen (secondary N) is 1. The van der Waals surface area contributed by atoms with E-state index >= 15 is 0 Å². The Hall–Kier alpha value is -0.190. The molecule has 3 unspecified atom stereocenters. The summed E-state index contributed by atoms with van der Waals surface area (Å²) in [4.78, 5) is 0. The van der Waals surface area contributed by atoms with Crippen LogP contribution in [0, 0.1) is 12.7 Å². The van der Waals surface area contributed by atoms with Gasteiger partial charge in [-0.1, -0.05) is 26.0 Å². The molecule has 0 aliphatic carbocycles. The van der Waals surface area contributed by atoms with Crippen LogP contribution in [0.15, 0.2) is 18.2 Å². The van der Waals surface area contributed by atoms with Crippen molar-refractivity contribution < 1.29 is 4.39 Å². The van der Waals surface area contributed by atoms with Crippen LogP contribution in [0.2, 0.25) is 0 Å². The summed E-state index contributed by atoms with van der Waals surface area (Å²) in [5.41, 5.74) is 1.83. The highest BCUT2D eigenvalue weighted by molar-refractivity contribution is 8.07. The van der Waals surface area contributed by atoms with Crippen LogP contribution < -0.4 is 5.32 Å². The first-order valence-corrected chi connectivity index (χ1v) is 9.99. The third-order valence-corrected chi connectivity index (χ3v) is 7.34. The zero-order valence-electron chi connectivity index (χ0n) is 13.2. The molecule has 0 radical (unpaired) electrons. The maximum atomic E-state index is 14.0. The van der Waals surface area contributed by atoms with Crippen LogP contribution in [0.4, 0.5) is 4.39 Å². The zero-order chi connectivity index (χ0) is 15.2. The Morgan fingerprint density at radius 2 is 2.05 bits per heavy atom. The van der Waals surface area contributed by atoms with E-state index in [4.69, 9.17) is 0 Å². The summed E-state index contributed by atoms with van der Waals surface area (Å²) < 4.78 is 14.0. The normalized spacial score (nSPS) is 24.0. The number of aryl methyl sites for hydroxylation is 1. The lowest BCUT2D eigenvalue weighted by molar-refractivity contribution is 0.494. The van der Waals surface area contributed by atoms with Gasteiger partial charge in [-0.15, -0.1) is 0 Å². The molecule has 1 fully saturated rings. The number of hydrogen-bond acceptors (Lipinski definition) is 3. The fraction of sp³-hybridized carbons (Fsp3) is 0.647. The first kappa shape index (κ1) is 17.2. The first-order chi connectivity index (χ1) is 10.2. The van der Waals surface area contributed by atoms with Gasteiger partial charge in [0.25, 0.3) is 0 Å². The van der Waals surface area contributed by atoms with Gasteiger partial charge in [0.1, 0.15) is 5.82 Å². The fourth-order valence-corrected chi connectivity index (χ4v) is 6.02. The van der Waals surface area contributed by atoms with E-state index in [0.717, 1.165) is 24.1 Å². The van der Waals surface area contributed by atoms with Crippen LogP contribution in [0.25, 0.3) is 0 Å². The summed E-state index contributed by atoms with van der Waals surface area (Å²) >= 11 is 4.13. The summed E-state index contributed by atoms with van der Waals surface area (Å²) in [6.07, 6.45) is 2.28. The Morgan fingerprint density at radius 1 is 1.29 bits per heavy atom. The summed E-state index contributed by atoms with van der Waals surface area (Å²) in [7, 11) is 0. The molecule has 1 aromatic rings. The minimum absolute atomic E-state index is 0.0858. The lowest BCUT2D eigenvalue weighted by Crippen LogP contribution is -2.39. The van der Waals surface area contributed by atoms with Crippen LogP contribution >= 0.6 is 23.5 Å². The molecule has 1 heterocycles. The van der Waals surface area contributed by atoms with Gasteiger partial charge in [0.15, 0.2) is 0 Å². The molecule has 1 aromatic carbocycles. The summed E-state index contributed by atoms with van der Waals surface area (Å²) in [6, 6.07) is 5.99. The Morgan fingerprint density at radius 3 is 2.71 bits per heavy atom. The standard InChI is InChI=1S/C17H26FNS2/c1-4-8-19-16(13-7-6-12(3)14(18)11-13)17-15(5-2)20-9-10-21-17/h6-7,11,15-17,19H,4-5,8-10H2,1-3H3. The minimum Gasteiger partial charge on any atom is -0.309 e. The highest BCUT2D eigenvalue weighted by Gasteiger charge is 2.32. The zero-order valence-corrected chi connectivity index (χ0v) is 14.8. The molecule has 3 atom stereocenters. The number of halogens is 1. The molecular formula is C17H26FNS2. The molecule has 21 heavy (non-hydrogen) atoms. The lowest BCUT2D eigenvalue weighted by atomic mass is 9.98. The second kappa shape index (κ2) is 8.44. The number of benzene rings is 1. The van der Waals surface area contributed by atoms with Gasteiger partial charge in [0.05, 0.1) is 0 Å². The first-order valence-electron chi connectivity index (χ1n) is 7.90. The van der Waals surface area contributed by atoms with E-state index in [0.29, 0.717) is 10.5 Å². The van der Waals surface area contributed by atoms with E-state index in [2.05, 4.69) is 48.8 Å². The van der Waals surface area contributed by atoms with Gasteiger partial charge in [-0.3, -0.25) is 0 Å². The molecule has 2 rings (SSSR count). The van der Waals surface area contributed by atoms with Crippen LogP contribution in [0.3, 0.4) is 0 Å². The van der Waals surface area contributed by atoms with E-state index in [1.165, 1.54) is 17.9 Å². The van der Waals surface area contributed by atoms with Crippen LogP contribution in [-0.4, -0.2) is 28.6 Å². The second-order valence-electron chi connectivity index (χ2n) is 5.59. The number of thioether (sulfide) groups is 2. The quantitative estimate of drug-likeness (QED) is 0.806. The molecule has 1 saturated heterocycles. The maximum Gasteiger partial charge on any atom is 0.126 e. The number of rotatable bonds is 6. The smallest absolute Gasteiger partial charge is 0.126 e. The van der Waals surface area contributed by atoms with Gasteiger partial charge in [0.2, 0.25) is 0 Å². The predicted octanol–water partition coefficient (Wildman–Crippen LogP) is 4.80. The summed E-state index contributed by atoms with van der Waals surface area (Å²) in [5, 5.41) is 4.85. The third-order valence-electron chi connectivity index (χ3n) is 3.99. The van der Waals surface area contributed by atoms with Crippen LogP contribution in [0.5, 0.6) is 0 Å². The van der Waals surface area contributed by atoms with E-state index < -0.39 is 0 Å². The van der Waals surface area contributed by atoms with Crippen molar-refractivity contribution in [1.29, 1.82) is 0 Å². The average molecular weight is 328 g/mol. The largest absolute Gasteiger partial charge is 0.309 e. The van der Waals surface area contributed by atoms with E-state index in [-0.39, 0.29) is 11.9 Å². The van der Waals surface area contributed by atoms with Crippen molar-refractivity contribution in [3.63, 3.8) is 0 Å². The van der Waals surface area contributed by atoms with Gasteiger partial charge in [0, 0.05) is 28.0 Å². The molecule has 0 amide bonds. The molecule has 0 saturated carbocycles. The number of hydrogen-bond donors (Lipinski definition) is 1. The van der Waals surface area contributed by atoms with Gasteiger partial charge < -0.3 is 5.32 Å². The van der Waals surface area contributed by atoms with Crippen molar-refractivity contribution in [2.75, 3.05) is 18.1 Å². The predicted molar refractivity (Wildman–Crippen MR) is 95.0 cm³/mol. The Kier molecular flexibility index (Phi) is 6.90. The van der Waals surface area contributed by atoms with E-state index in [9.17, 15) is 4.39 Å². The summed E-state index contributed by atoms with van der Waals surface area (Å²) in [6.45, 7) is 7.26. The Bertz CT molecular complexity index is 452. The van der Waals surface area contributed by atoms with Gasteiger partial charge in [-0.05, 0) is 43.5 Å². The van der Waals surface area contributed by atoms with Gasteiger partial charge in [-0.25, -0.2) is 4.39 Å². The van der Waals surface area contributed by atoms with E-state index in [1.807, 2.05) is 13.0 Å². The highest BCUT2D eigenvalue weighted by atomic mass is 32.2. The molecule has 118 valence electrons. The van der Waals surface area contributed by atoms with Crippen molar-refractivity contribution in [2.45, 2.75) is 50.2 Å². The van der Waals surface area contributed by atoms with Crippen LogP contribution in [0.1, 0.15) is 43.9 Å². The third kappa shape index (κ3) is 4.40. The molecule has 1 aliphatic rings. The van der Waals surface area contributed by atoms with Gasteiger partial charge in [-0.2, -0.15) is 23.5 Å². The van der Waals surface area contributed by atoms with Crippen molar-refractivity contribution in [3.05, 3.63) is 35.1 Å². The molecule has 0 spiro atoms. The van der Waals surface area contributed by atoms with Crippen molar-refractivity contribution >= 4 is 23.5 Å². The average Bonchev–Trinajstić information content (AvgIpc) is 2.51. The molecular weight excluding hydrogens is 301 g/mol. The highest BCUT2D eigenvalue weighted by Crippen LogP contribution is 2.40. The van der Waals surface area contributed by atoms with Crippen molar-refractivity contribution in [1.82, 2.24) is 5.32 Å². The molecule has 4 heteroatoms.